The Morgan fingerprint density at radius 2 is 1.97 bits per heavy atom. The van der Waals surface area contributed by atoms with Crippen molar-refractivity contribution in [2.45, 2.75) is 58.4 Å². The van der Waals surface area contributed by atoms with E-state index in [0.717, 1.165) is 42.5 Å². The van der Waals surface area contributed by atoms with Gasteiger partial charge in [0.2, 0.25) is 5.91 Å². The summed E-state index contributed by atoms with van der Waals surface area (Å²) in [5.74, 6) is -0.349. The van der Waals surface area contributed by atoms with Crippen molar-refractivity contribution in [1.82, 2.24) is 15.2 Å². The lowest BCUT2D eigenvalue weighted by Gasteiger charge is -2.37. The maximum atomic E-state index is 12.8. The number of thiazole rings is 1. The van der Waals surface area contributed by atoms with Crippen molar-refractivity contribution in [3.05, 3.63) is 27.9 Å². The molecule has 1 aliphatic rings. The van der Waals surface area contributed by atoms with E-state index in [4.69, 9.17) is 10.5 Å². The minimum absolute atomic E-state index is 0.340. The highest BCUT2D eigenvalue weighted by molar-refractivity contribution is 7.11. The van der Waals surface area contributed by atoms with E-state index in [1.54, 1.807) is 17.5 Å². The van der Waals surface area contributed by atoms with Crippen LogP contribution in [0.25, 0.3) is 0 Å². The van der Waals surface area contributed by atoms with Gasteiger partial charge in [-0.25, -0.2) is 4.98 Å². The number of nitrogens with zero attached hydrogens (tertiary/aromatic N) is 2. The largest absolute Gasteiger partial charge is 0.401 e. The number of carbonyl (C=O) groups is 2. The SMILES string of the molecule is Cc1ncc(C(C)(C)C(N)=CC(=O)NC(=O)C(C)(C)N(C)CC2CCOCC2)s1. The van der Waals surface area contributed by atoms with E-state index in [9.17, 15) is 9.59 Å². The first-order valence-corrected chi connectivity index (χ1v) is 10.8. The van der Waals surface area contributed by atoms with Crippen LogP contribution in [0.15, 0.2) is 18.0 Å². The number of imide groups is 1. The second-order valence-corrected chi connectivity index (χ2v) is 10.0. The van der Waals surface area contributed by atoms with Gasteiger partial charge >= 0.3 is 0 Å². The zero-order chi connectivity index (χ0) is 21.8. The minimum atomic E-state index is -0.819. The number of hydrogen-bond donors (Lipinski definition) is 2. The summed E-state index contributed by atoms with van der Waals surface area (Å²) in [4.78, 5) is 32.5. The molecule has 1 saturated heterocycles. The molecule has 2 amide bonds. The van der Waals surface area contributed by atoms with Crippen molar-refractivity contribution >= 4 is 23.2 Å². The Balaban J connectivity index is 2.00. The Kier molecular flexibility index (Phi) is 7.59. The molecular weight excluding hydrogens is 388 g/mol. The zero-order valence-corrected chi connectivity index (χ0v) is 19.2. The Morgan fingerprint density at radius 3 is 2.52 bits per heavy atom. The van der Waals surface area contributed by atoms with Crippen molar-refractivity contribution in [3.63, 3.8) is 0 Å². The molecule has 0 radical (unpaired) electrons. The van der Waals surface area contributed by atoms with Crippen LogP contribution >= 0.6 is 11.3 Å². The Morgan fingerprint density at radius 1 is 1.34 bits per heavy atom. The van der Waals surface area contributed by atoms with Gasteiger partial charge in [0.1, 0.15) is 0 Å². The van der Waals surface area contributed by atoms with Gasteiger partial charge in [-0.1, -0.05) is 0 Å². The molecule has 29 heavy (non-hydrogen) atoms. The van der Waals surface area contributed by atoms with Crippen molar-refractivity contribution in [3.8, 4) is 0 Å². The molecule has 1 aromatic rings. The summed E-state index contributed by atoms with van der Waals surface area (Å²) in [6, 6.07) is 0. The third-order valence-electron chi connectivity index (χ3n) is 5.87. The highest BCUT2D eigenvalue weighted by atomic mass is 32.1. The van der Waals surface area contributed by atoms with Gasteiger partial charge in [-0.05, 0) is 60.4 Å². The van der Waals surface area contributed by atoms with Gasteiger partial charge in [0, 0.05) is 48.0 Å². The number of amides is 2. The second kappa shape index (κ2) is 9.36. The van der Waals surface area contributed by atoms with Gasteiger partial charge < -0.3 is 10.5 Å². The lowest BCUT2D eigenvalue weighted by atomic mass is 9.88. The van der Waals surface area contributed by atoms with Crippen LogP contribution in [-0.2, 0) is 19.7 Å². The molecule has 0 aliphatic carbocycles. The summed E-state index contributed by atoms with van der Waals surface area (Å²) in [6.45, 7) is 11.8. The molecule has 162 valence electrons. The second-order valence-electron chi connectivity index (χ2n) is 8.78. The summed E-state index contributed by atoms with van der Waals surface area (Å²) >= 11 is 1.54. The first-order chi connectivity index (χ1) is 13.4. The highest BCUT2D eigenvalue weighted by Gasteiger charge is 2.35. The number of nitrogens with one attached hydrogen (secondary N) is 1. The fraction of sp³-hybridized carbons (Fsp3) is 0.667. The number of aromatic nitrogens is 1. The van der Waals surface area contributed by atoms with Crippen molar-refractivity contribution < 1.29 is 14.3 Å². The van der Waals surface area contributed by atoms with E-state index in [0.29, 0.717) is 11.6 Å². The lowest BCUT2D eigenvalue weighted by Crippen LogP contribution is -2.55. The number of allylic oxidation sites excluding steroid dienone is 1. The fourth-order valence-electron chi connectivity index (χ4n) is 3.13. The molecule has 2 rings (SSSR count). The smallest absolute Gasteiger partial charge is 0.252 e. The van der Waals surface area contributed by atoms with E-state index in [-0.39, 0.29) is 5.91 Å². The Hall–Kier alpha value is -1.77. The molecule has 0 saturated carbocycles. The van der Waals surface area contributed by atoms with E-state index < -0.39 is 16.9 Å². The minimum Gasteiger partial charge on any atom is -0.401 e. The summed E-state index contributed by atoms with van der Waals surface area (Å²) in [5, 5.41) is 3.42. The van der Waals surface area contributed by atoms with Gasteiger partial charge in [-0.15, -0.1) is 11.3 Å². The summed E-state index contributed by atoms with van der Waals surface area (Å²) in [7, 11) is 1.92. The maximum absolute atomic E-state index is 12.8. The van der Waals surface area contributed by atoms with Crippen LogP contribution in [0, 0.1) is 12.8 Å². The predicted molar refractivity (Wildman–Crippen MR) is 116 cm³/mol. The summed E-state index contributed by atoms with van der Waals surface area (Å²) in [5.41, 5.74) is 5.24. The molecule has 1 aromatic heterocycles. The molecular formula is C21H34N4O3S. The molecule has 2 heterocycles. The molecule has 0 aromatic carbocycles. The molecule has 0 spiro atoms. The third-order valence-corrected chi connectivity index (χ3v) is 7.10. The average molecular weight is 423 g/mol. The monoisotopic (exact) mass is 422 g/mol. The number of carbonyl (C=O) groups excluding carboxylic acids is 2. The van der Waals surface area contributed by atoms with Crippen LogP contribution in [0.4, 0.5) is 0 Å². The third kappa shape index (κ3) is 5.87. The van der Waals surface area contributed by atoms with Gasteiger partial charge in [-0.2, -0.15) is 0 Å². The highest BCUT2D eigenvalue weighted by Crippen LogP contribution is 2.32. The number of ether oxygens (including phenoxy) is 1. The molecule has 1 fully saturated rings. The first-order valence-electron chi connectivity index (χ1n) is 9.99. The van der Waals surface area contributed by atoms with Gasteiger partial charge in [0.05, 0.1) is 10.5 Å². The fourth-order valence-corrected chi connectivity index (χ4v) is 4.04. The number of nitrogens with two attached hydrogens (primary N) is 1. The molecule has 3 N–H and O–H groups in total. The van der Waals surface area contributed by atoms with E-state index in [2.05, 4.69) is 10.3 Å². The van der Waals surface area contributed by atoms with Crippen LogP contribution in [0.2, 0.25) is 0 Å². The molecule has 7 nitrogen and oxygen atoms in total. The normalized spacial score (nSPS) is 16.9. The van der Waals surface area contributed by atoms with Gasteiger partial charge in [0.15, 0.2) is 0 Å². The van der Waals surface area contributed by atoms with Crippen LogP contribution < -0.4 is 11.1 Å². The van der Waals surface area contributed by atoms with E-state index in [1.165, 1.54) is 6.08 Å². The van der Waals surface area contributed by atoms with E-state index >= 15 is 0 Å². The Bertz CT molecular complexity index is 764. The summed E-state index contributed by atoms with van der Waals surface area (Å²) < 4.78 is 5.40. The number of hydrogen-bond acceptors (Lipinski definition) is 7. The standard InChI is InChI=1S/C21H34N4O3S/c1-14-23-12-17(29-14)20(2,3)16(22)11-18(26)24-19(27)21(4,5)25(6)13-15-7-9-28-10-8-15/h11-12,15H,7-10,13,22H2,1-6H3,(H,24,26,27). The number of aryl methyl sites for hydroxylation is 1. The first kappa shape index (κ1) is 23.5. The molecule has 0 bridgehead atoms. The predicted octanol–water partition coefficient (Wildman–Crippen LogP) is 2.35. The molecule has 8 heteroatoms. The van der Waals surface area contributed by atoms with Gasteiger partial charge in [0.25, 0.3) is 5.91 Å². The topological polar surface area (TPSA) is 97.5 Å². The van der Waals surface area contributed by atoms with Crippen LogP contribution in [0.5, 0.6) is 0 Å². The molecule has 0 unspecified atom stereocenters. The average Bonchev–Trinajstić information content (AvgIpc) is 3.09. The van der Waals surface area contributed by atoms with Crippen molar-refractivity contribution in [2.24, 2.45) is 11.7 Å². The quantitative estimate of drug-likeness (QED) is 0.655. The summed E-state index contributed by atoms with van der Waals surface area (Å²) in [6.07, 6.45) is 5.07. The Labute approximate surface area is 177 Å². The number of likely N-dealkylation sites (N-methyl/N-ethyl adjacent to an activating group) is 1. The van der Waals surface area contributed by atoms with Gasteiger partial charge in [-0.3, -0.25) is 19.8 Å². The van der Waals surface area contributed by atoms with Crippen molar-refractivity contribution in [2.75, 3.05) is 26.8 Å². The van der Waals surface area contributed by atoms with E-state index in [1.807, 2.05) is 46.6 Å². The number of rotatable bonds is 7. The molecule has 1 aliphatic heterocycles. The van der Waals surface area contributed by atoms with Crippen LogP contribution in [0.3, 0.4) is 0 Å². The zero-order valence-electron chi connectivity index (χ0n) is 18.4. The van der Waals surface area contributed by atoms with Crippen LogP contribution in [0.1, 0.15) is 50.4 Å². The molecule has 0 atom stereocenters. The lowest BCUT2D eigenvalue weighted by molar-refractivity contribution is -0.135. The van der Waals surface area contributed by atoms with Crippen molar-refractivity contribution in [1.29, 1.82) is 0 Å². The van der Waals surface area contributed by atoms with Crippen LogP contribution in [-0.4, -0.2) is 54.0 Å². The maximum Gasteiger partial charge on any atom is 0.252 e.